The zero-order chi connectivity index (χ0) is 12.3. The molecule has 0 amide bonds. The summed E-state index contributed by atoms with van der Waals surface area (Å²) < 4.78 is 10.1. The minimum Gasteiger partial charge on any atom is -0.481 e. The normalized spacial score (nSPS) is 10.2. The van der Waals surface area contributed by atoms with Crippen LogP contribution in [0.1, 0.15) is 0 Å². The van der Waals surface area contributed by atoms with Crippen molar-refractivity contribution < 1.29 is 19.4 Å². The lowest BCUT2D eigenvalue weighted by Crippen LogP contribution is -2.10. The molecule has 0 aromatic carbocycles. The van der Waals surface area contributed by atoms with Gasteiger partial charge in [0.2, 0.25) is 5.88 Å². The topological polar surface area (TPSA) is 81.5 Å². The first-order valence-electron chi connectivity index (χ1n) is 4.85. The van der Waals surface area contributed by atoms with Crippen LogP contribution in [0.3, 0.4) is 0 Å². The van der Waals surface area contributed by atoms with Crippen LogP contribution in [0.25, 0.3) is 11.0 Å². The number of carboxylic acid groups (broad SMARTS) is 1. The van der Waals surface area contributed by atoms with Gasteiger partial charge in [-0.2, -0.15) is 0 Å². The molecule has 1 N–H and O–H groups in total. The van der Waals surface area contributed by atoms with Crippen molar-refractivity contribution in [1.29, 1.82) is 0 Å². The van der Waals surface area contributed by atoms with Gasteiger partial charge in [0.05, 0.1) is 12.6 Å². The van der Waals surface area contributed by atoms with Crippen molar-refractivity contribution in [3.63, 3.8) is 0 Å². The van der Waals surface area contributed by atoms with Gasteiger partial charge in [-0.15, -0.1) is 0 Å². The van der Waals surface area contributed by atoms with Crippen LogP contribution in [0.4, 0.5) is 0 Å². The third-order valence-electron chi connectivity index (χ3n) is 2.08. The molecule has 6 heteroatoms. The lowest BCUT2D eigenvalue weighted by Gasteiger charge is -2.06. The average Bonchev–Trinajstić information content (AvgIpc) is 2.35. The van der Waals surface area contributed by atoms with E-state index >= 15 is 0 Å². The molecule has 0 radical (unpaired) electrons. The van der Waals surface area contributed by atoms with Gasteiger partial charge in [-0.3, -0.25) is 4.98 Å². The fraction of sp³-hybridized carbons (Fsp3) is 0.182. The second kappa shape index (κ2) is 4.65. The highest BCUT2D eigenvalue weighted by Crippen LogP contribution is 2.23. The van der Waals surface area contributed by atoms with Crippen LogP contribution in [0, 0.1) is 0 Å². The maximum absolute atomic E-state index is 10.4. The standard InChI is InChI=1S/C11H10N2O4/c1-16-9-3-2-7-11(13-9)8(4-5-12-7)17-6-10(14)15/h2-5H,6H2,1H3,(H,14,15). The van der Waals surface area contributed by atoms with E-state index in [1.807, 2.05) is 0 Å². The highest BCUT2D eigenvalue weighted by atomic mass is 16.5. The molecule has 6 nitrogen and oxygen atoms in total. The average molecular weight is 234 g/mol. The van der Waals surface area contributed by atoms with Gasteiger partial charge in [-0.1, -0.05) is 0 Å². The Labute approximate surface area is 96.8 Å². The van der Waals surface area contributed by atoms with Crippen LogP contribution < -0.4 is 9.47 Å². The van der Waals surface area contributed by atoms with Crippen molar-refractivity contribution in [3.05, 3.63) is 24.4 Å². The van der Waals surface area contributed by atoms with E-state index in [0.717, 1.165) is 0 Å². The Morgan fingerprint density at radius 3 is 2.94 bits per heavy atom. The number of ether oxygens (including phenoxy) is 2. The first-order valence-corrected chi connectivity index (χ1v) is 4.85. The van der Waals surface area contributed by atoms with Crippen LogP contribution in [0.15, 0.2) is 24.4 Å². The first kappa shape index (κ1) is 11.1. The smallest absolute Gasteiger partial charge is 0.341 e. The molecule has 2 aromatic rings. The molecule has 2 rings (SSSR count). The Balaban J connectivity index is 2.43. The summed E-state index contributed by atoms with van der Waals surface area (Å²) in [5.41, 5.74) is 1.10. The summed E-state index contributed by atoms with van der Waals surface area (Å²) in [5.74, 6) is -0.250. The molecule has 0 atom stereocenters. The molecular formula is C11H10N2O4. The predicted octanol–water partition coefficient (Wildman–Crippen LogP) is 1.10. The van der Waals surface area contributed by atoms with Gasteiger partial charge in [0.15, 0.2) is 6.61 Å². The number of rotatable bonds is 4. The van der Waals surface area contributed by atoms with E-state index in [9.17, 15) is 4.79 Å². The van der Waals surface area contributed by atoms with Crippen molar-refractivity contribution in [2.75, 3.05) is 13.7 Å². The summed E-state index contributed by atoms with van der Waals surface area (Å²) in [6.07, 6.45) is 1.54. The second-order valence-electron chi connectivity index (χ2n) is 3.21. The fourth-order valence-corrected chi connectivity index (χ4v) is 1.35. The molecule has 0 fully saturated rings. The quantitative estimate of drug-likeness (QED) is 0.853. The van der Waals surface area contributed by atoms with Gasteiger partial charge in [0, 0.05) is 18.3 Å². The van der Waals surface area contributed by atoms with Crippen LogP contribution in [0.2, 0.25) is 0 Å². The van der Waals surface area contributed by atoms with Crippen LogP contribution >= 0.6 is 0 Å². The Hall–Kier alpha value is -2.37. The molecule has 0 spiro atoms. The number of hydrogen-bond donors (Lipinski definition) is 1. The molecule has 0 aliphatic rings. The van der Waals surface area contributed by atoms with Gasteiger partial charge in [0.1, 0.15) is 11.3 Å². The summed E-state index contributed by atoms with van der Waals surface area (Å²) in [6.45, 7) is -0.419. The molecule has 17 heavy (non-hydrogen) atoms. The van der Waals surface area contributed by atoms with Crippen molar-refractivity contribution in [2.45, 2.75) is 0 Å². The van der Waals surface area contributed by atoms with Gasteiger partial charge in [-0.05, 0) is 6.07 Å². The number of carboxylic acids is 1. The van der Waals surface area contributed by atoms with Crippen molar-refractivity contribution in [1.82, 2.24) is 9.97 Å². The Bertz CT molecular complexity index is 556. The number of hydrogen-bond acceptors (Lipinski definition) is 5. The van der Waals surface area contributed by atoms with E-state index in [4.69, 9.17) is 14.6 Å². The van der Waals surface area contributed by atoms with Gasteiger partial charge >= 0.3 is 5.97 Å². The molecule has 0 unspecified atom stereocenters. The Morgan fingerprint density at radius 1 is 1.41 bits per heavy atom. The minimum atomic E-state index is -1.04. The third kappa shape index (κ3) is 2.41. The fourth-order valence-electron chi connectivity index (χ4n) is 1.35. The number of pyridine rings is 2. The molecule has 0 aliphatic heterocycles. The predicted molar refractivity (Wildman–Crippen MR) is 59.2 cm³/mol. The number of methoxy groups -OCH3 is 1. The van der Waals surface area contributed by atoms with Crippen LogP contribution in [-0.2, 0) is 4.79 Å². The number of aliphatic carboxylic acids is 1. The number of fused-ring (bicyclic) bond motifs is 1. The van der Waals surface area contributed by atoms with Crippen LogP contribution in [0.5, 0.6) is 11.6 Å². The van der Waals surface area contributed by atoms with E-state index in [2.05, 4.69) is 9.97 Å². The van der Waals surface area contributed by atoms with Gasteiger partial charge in [0.25, 0.3) is 0 Å². The molecule has 2 aromatic heterocycles. The van der Waals surface area contributed by atoms with E-state index in [-0.39, 0.29) is 0 Å². The summed E-state index contributed by atoms with van der Waals surface area (Å²) in [6, 6.07) is 4.98. The van der Waals surface area contributed by atoms with Gasteiger partial charge in [-0.25, -0.2) is 9.78 Å². The second-order valence-corrected chi connectivity index (χ2v) is 3.21. The SMILES string of the molecule is COc1ccc2nccc(OCC(=O)O)c2n1. The molecule has 0 saturated heterocycles. The Morgan fingerprint density at radius 2 is 2.24 bits per heavy atom. The number of carbonyl (C=O) groups is 1. The minimum absolute atomic E-state index is 0.372. The van der Waals surface area contributed by atoms with E-state index in [1.165, 1.54) is 13.3 Å². The molecule has 0 saturated carbocycles. The molecule has 0 aliphatic carbocycles. The Kier molecular flexibility index (Phi) is 3.04. The van der Waals surface area contributed by atoms with Crippen molar-refractivity contribution >= 4 is 17.0 Å². The van der Waals surface area contributed by atoms with E-state index in [1.54, 1.807) is 18.2 Å². The maximum atomic E-state index is 10.4. The number of aromatic nitrogens is 2. The third-order valence-corrected chi connectivity index (χ3v) is 2.08. The summed E-state index contributed by atoms with van der Waals surface area (Å²) >= 11 is 0. The summed E-state index contributed by atoms with van der Waals surface area (Å²) in [7, 11) is 1.50. The molecule has 88 valence electrons. The number of nitrogens with zero attached hydrogens (tertiary/aromatic N) is 2. The van der Waals surface area contributed by atoms with E-state index < -0.39 is 12.6 Å². The maximum Gasteiger partial charge on any atom is 0.341 e. The lowest BCUT2D eigenvalue weighted by molar-refractivity contribution is -0.139. The van der Waals surface area contributed by atoms with Crippen molar-refractivity contribution in [2.24, 2.45) is 0 Å². The highest BCUT2D eigenvalue weighted by molar-refractivity contribution is 5.81. The summed E-state index contributed by atoms with van der Waals surface area (Å²) in [4.78, 5) is 18.7. The van der Waals surface area contributed by atoms with E-state index in [0.29, 0.717) is 22.7 Å². The zero-order valence-electron chi connectivity index (χ0n) is 9.08. The van der Waals surface area contributed by atoms with Crippen molar-refractivity contribution in [3.8, 4) is 11.6 Å². The monoisotopic (exact) mass is 234 g/mol. The highest BCUT2D eigenvalue weighted by Gasteiger charge is 2.07. The van der Waals surface area contributed by atoms with Gasteiger partial charge < -0.3 is 14.6 Å². The zero-order valence-corrected chi connectivity index (χ0v) is 9.08. The molecule has 2 heterocycles. The largest absolute Gasteiger partial charge is 0.481 e. The van der Waals surface area contributed by atoms with Crippen LogP contribution in [-0.4, -0.2) is 34.8 Å². The summed E-state index contributed by atoms with van der Waals surface area (Å²) in [5, 5.41) is 8.56. The first-order chi connectivity index (χ1) is 8.20. The molecular weight excluding hydrogens is 224 g/mol. The lowest BCUT2D eigenvalue weighted by atomic mass is 10.3. The molecule has 0 bridgehead atoms.